The van der Waals surface area contributed by atoms with E-state index in [1.807, 2.05) is 12.1 Å². The molecular weight excluding hydrogens is 219 g/mol. The van der Waals surface area contributed by atoms with Crippen LogP contribution < -0.4 is 10.5 Å². The lowest BCUT2D eigenvalue weighted by molar-refractivity contribution is 0.299. The maximum absolute atomic E-state index is 12.9. The summed E-state index contributed by atoms with van der Waals surface area (Å²) in [6.07, 6.45) is 1.69. The Bertz CT molecular complexity index is 502. The average Bonchev–Trinajstić information content (AvgIpc) is 2.37. The van der Waals surface area contributed by atoms with Gasteiger partial charge in [0, 0.05) is 18.8 Å². The van der Waals surface area contributed by atoms with Gasteiger partial charge in [0.25, 0.3) is 0 Å². The highest BCUT2D eigenvalue weighted by atomic mass is 19.1. The Hall–Kier alpha value is -1.94. The first-order valence-corrected chi connectivity index (χ1v) is 5.30. The third-order valence-electron chi connectivity index (χ3n) is 2.30. The van der Waals surface area contributed by atoms with Gasteiger partial charge in [-0.1, -0.05) is 6.07 Å². The van der Waals surface area contributed by atoms with Gasteiger partial charge in [-0.15, -0.1) is 0 Å². The first kappa shape index (κ1) is 11.5. The number of rotatable bonds is 4. The van der Waals surface area contributed by atoms with E-state index in [1.165, 1.54) is 12.1 Å². The van der Waals surface area contributed by atoms with E-state index in [-0.39, 0.29) is 5.82 Å². The van der Waals surface area contributed by atoms with Gasteiger partial charge in [0.15, 0.2) is 0 Å². The van der Waals surface area contributed by atoms with Crippen LogP contribution in [0.2, 0.25) is 0 Å². The number of nitrogens with zero attached hydrogens (tertiary/aromatic N) is 1. The van der Waals surface area contributed by atoms with Crippen LogP contribution in [0.3, 0.4) is 0 Å². The zero-order valence-electron chi connectivity index (χ0n) is 9.27. The van der Waals surface area contributed by atoms with Crippen molar-refractivity contribution in [2.45, 2.75) is 13.2 Å². The molecule has 1 aromatic heterocycles. The van der Waals surface area contributed by atoms with E-state index in [0.717, 1.165) is 11.3 Å². The molecule has 0 aliphatic heterocycles. The van der Waals surface area contributed by atoms with E-state index in [0.29, 0.717) is 18.9 Å². The van der Waals surface area contributed by atoms with Crippen LogP contribution in [-0.2, 0) is 13.2 Å². The number of benzene rings is 1. The molecule has 2 N–H and O–H groups in total. The van der Waals surface area contributed by atoms with Crippen molar-refractivity contribution >= 4 is 0 Å². The van der Waals surface area contributed by atoms with Gasteiger partial charge in [-0.2, -0.15) is 0 Å². The Kier molecular flexibility index (Phi) is 3.67. The van der Waals surface area contributed by atoms with Crippen molar-refractivity contribution < 1.29 is 9.13 Å². The molecule has 0 atom stereocenters. The summed E-state index contributed by atoms with van der Waals surface area (Å²) in [6.45, 7) is 0.771. The fourth-order valence-corrected chi connectivity index (χ4v) is 1.45. The highest BCUT2D eigenvalue weighted by Gasteiger charge is 1.99. The van der Waals surface area contributed by atoms with E-state index in [1.54, 1.807) is 18.3 Å². The molecule has 1 aromatic carbocycles. The van der Waals surface area contributed by atoms with Gasteiger partial charge in [0.1, 0.15) is 18.2 Å². The zero-order chi connectivity index (χ0) is 12.1. The fourth-order valence-electron chi connectivity index (χ4n) is 1.45. The summed E-state index contributed by atoms with van der Waals surface area (Å²) in [5.74, 6) is 0.177. The van der Waals surface area contributed by atoms with E-state index in [4.69, 9.17) is 10.5 Å². The summed E-state index contributed by atoms with van der Waals surface area (Å²) >= 11 is 0. The number of hydrogen-bond donors (Lipinski definition) is 1. The lowest BCUT2D eigenvalue weighted by atomic mass is 10.2. The Balaban J connectivity index is 2.02. The molecule has 88 valence electrons. The molecule has 0 bridgehead atoms. The minimum Gasteiger partial charge on any atom is -0.487 e. The van der Waals surface area contributed by atoms with Gasteiger partial charge in [-0.05, 0) is 29.8 Å². The fraction of sp³-hybridized carbons (Fsp3) is 0.154. The van der Waals surface area contributed by atoms with Gasteiger partial charge in [-0.3, -0.25) is 4.98 Å². The first-order valence-electron chi connectivity index (χ1n) is 5.30. The molecule has 0 saturated carbocycles. The summed E-state index contributed by atoms with van der Waals surface area (Å²) in [5, 5.41) is 0. The molecule has 1 heterocycles. The largest absolute Gasteiger partial charge is 0.487 e. The van der Waals surface area contributed by atoms with Crippen LogP contribution in [0.1, 0.15) is 11.3 Å². The maximum atomic E-state index is 12.9. The van der Waals surface area contributed by atoms with Gasteiger partial charge >= 0.3 is 0 Å². The molecule has 3 nitrogen and oxygen atoms in total. The monoisotopic (exact) mass is 232 g/mol. The Morgan fingerprint density at radius 3 is 2.88 bits per heavy atom. The van der Waals surface area contributed by atoms with Crippen LogP contribution in [0.5, 0.6) is 5.75 Å². The molecule has 2 rings (SSSR count). The Morgan fingerprint density at radius 2 is 2.12 bits per heavy atom. The van der Waals surface area contributed by atoms with Crippen LogP contribution in [0.25, 0.3) is 0 Å². The number of pyridine rings is 1. The highest BCUT2D eigenvalue weighted by Crippen LogP contribution is 2.13. The van der Waals surface area contributed by atoms with Crippen molar-refractivity contribution in [3.05, 3.63) is 59.7 Å². The van der Waals surface area contributed by atoms with Crippen LogP contribution in [0, 0.1) is 5.82 Å². The lowest BCUT2D eigenvalue weighted by Crippen LogP contribution is -2.02. The van der Waals surface area contributed by atoms with Crippen LogP contribution in [0.15, 0.2) is 42.6 Å². The predicted octanol–water partition coefficient (Wildman–Crippen LogP) is 2.26. The van der Waals surface area contributed by atoms with E-state index in [9.17, 15) is 4.39 Å². The van der Waals surface area contributed by atoms with Gasteiger partial charge in [0.2, 0.25) is 0 Å². The molecule has 4 heteroatoms. The Labute approximate surface area is 99.1 Å². The molecule has 17 heavy (non-hydrogen) atoms. The molecule has 0 unspecified atom stereocenters. The summed E-state index contributed by atoms with van der Waals surface area (Å²) in [6, 6.07) is 9.75. The van der Waals surface area contributed by atoms with E-state index < -0.39 is 0 Å². The van der Waals surface area contributed by atoms with Crippen molar-refractivity contribution in [1.82, 2.24) is 4.98 Å². The van der Waals surface area contributed by atoms with Crippen LogP contribution in [0.4, 0.5) is 4.39 Å². The molecule has 0 spiro atoms. The average molecular weight is 232 g/mol. The standard InChI is InChI=1S/C13H13FN2O/c14-11-2-1-3-13(7-11)17-9-12-6-10(8-15)4-5-16-12/h1-7H,8-9,15H2. The summed E-state index contributed by atoms with van der Waals surface area (Å²) in [4.78, 5) is 4.15. The molecule has 0 fully saturated rings. The van der Waals surface area contributed by atoms with Gasteiger partial charge in [0.05, 0.1) is 5.69 Å². The second-order valence-electron chi connectivity index (χ2n) is 3.61. The van der Waals surface area contributed by atoms with E-state index >= 15 is 0 Å². The quantitative estimate of drug-likeness (QED) is 0.879. The topological polar surface area (TPSA) is 48.1 Å². The SMILES string of the molecule is NCc1ccnc(COc2cccc(F)c2)c1. The normalized spacial score (nSPS) is 10.2. The minimum atomic E-state index is -0.314. The number of aromatic nitrogens is 1. The molecule has 0 amide bonds. The van der Waals surface area contributed by atoms with Gasteiger partial charge < -0.3 is 10.5 Å². The summed E-state index contributed by atoms with van der Waals surface area (Å²) in [7, 11) is 0. The number of ether oxygens (including phenoxy) is 1. The maximum Gasteiger partial charge on any atom is 0.130 e. The molecule has 0 aliphatic carbocycles. The van der Waals surface area contributed by atoms with Crippen molar-refractivity contribution in [3.63, 3.8) is 0 Å². The molecule has 2 aromatic rings. The summed E-state index contributed by atoms with van der Waals surface area (Å²) in [5.41, 5.74) is 7.30. The predicted molar refractivity (Wildman–Crippen MR) is 62.9 cm³/mol. The number of nitrogens with two attached hydrogens (primary N) is 1. The van der Waals surface area contributed by atoms with Crippen molar-refractivity contribution in [2.24, 2.45) is 5.73 Å². The second kappa shape index (κ2) is 5.41. The van der Waals surface area contributed by atoms with Crippen LogP contribution >= 0.6 is 0 Å². The molecule has 0 radical (unpaired) electrons. The zero-order valence-corrected chi connectivity index (χ0v) is 9.27. The molecule has 0 saturated heterocycles. The molecule has 0 aliphatic rings. The van der Waals surface area contributed by atoms with E-state index in [2.05, 4.69) is 4.98 Å². The third kappa shape index (κ3) is 3.26. The minimum absolute atomic E-state index is 0.303. The van der Waals surface area contributed by atoms with Gasteiger partial charge in [-0.25, -0.2) is 4.39 Å². The number of halogens is 1. The smallest absolute Gasteiger partial charge is 0.130 e. The second-order valence-corrected chi connectivity index (χ2v) is 3.61. The first-order chi connectivity index (χ1) is 8.28. The highest BCUT2D eigenvalue weighted by molar-refractivity contribution is 5.23. The van der Waals surface area contributed by atoms with Crippen LogP contribution in [-0.4, -0.2) is 4.98 Å². The molecular formula is C13H13FN2O. The number of hydrogen-bond acceptors (Lipinski definition) is 3. The van der Waals surface area contributed by atoms with Crippen molar-refractivity contribution in [1.29, 1.82) is 0 Å². The van der Waals surface area contributed by atoms with Crippen molar-refractivity contribution in [3.8, 4) is 5.75 Å². The summed E-state index contributed by atoms with van der Waals surface area (Å²) < 4.78 is 18.3. The van der Waals surface area contributed by atoms with Crippen molar-refractivity contribution in [2.75, 3.05) is 0 Å². The Morgan fingerprint density at radius 1 is 1.24 bits per heavy atom. The lowest BCUT2D eigenvalue weighted by Gasteiger charge is -2.06. The third-order valence-corrected chi connectivity index (χ3v) is 2.30.